The molecule has 0 spiro atoms. The van der Waals surface area contributed by atoms with Crippen molar-refractivity contribution in [3.8, 4) is 0 Å². The van der Waals surface area contributed by atoms with Crippen molar-refractivity contribution in [3.05, 3.63) is 52.2 Å². The molecule has 0 unspecified atom stereocenters. The number of hydrogen-bond acceptors (Lipinski definition) is 3. The van der Waals surface area contributed by atoms with Gasteiger partial charge >= 0.3 is 0 Å². The molecule has 2 aromatic rings. The van der Waals surface area contributed by atoms with E-state index in [4.69, 9.17) is 12.2 Å². The first-order chi connectivity index (χ1) is 9.56. The van der Waals surface area contributed by atoms with Crippen LogP contribution in [-0.2, 0) is 11.3 Å². The van der Waals surface area contributed by atoms with Crippen LogP contribution in [0.15, 0.2) is 35.7 Å². The third-order valence-corrected chi connectivity index (χ3v) is 3.59. The SMILES string of the molecule is O=C(Nc1ccc(F)cc1F)C(=S)NCc1cccs1. The van der Waals surface area contributed by atoms with E-state index in [1.54, 1.807) is 0 Å². The molecule has 0 radical (unpaired) electrons. The van der Waals surface area contributed by atoms with E-state index in [0.717, 1.165) is 17.0 Å². The number of nitrogens with one attached hydrogen (secondary N) is 2. The molecule has 0 bridgehead atoms. The van der Waals surface area contributed by atoms with E-state index in [0.29, 0.717) is 12.6 Å². The van der Waals surface area contributed by atoms with E-state index in [9.17, 15) is 13.6 Å². The number of halogens is 2. The molecule has 2 rings (SSSR count). The molecule has 104 valence electrons. The number of thiophene rings is 1. The van der Waals surface area contributed by atoms with Crippen LogP contribution in [0.4, 0.5) is 14.5 Å². The van der Waals surface area contributed by atoms with Gasteiger partial charge in [-0.05, 0) is 23.6 Å². The Kier molecular flexibility index (Phi) is 4.75. The molecule has 1 amide bonds. The lowest BCUT2D eigenvalue weighted by molar-refractivity contribution is -0.110. The van der Waals surface area contributed by atoms with Crippen molar-refractivity contribution in [1.82, 2.24) is 5.32 Å². The Morgan fingerprint density at radius 1 is 1.30 bits per heavy atom. The predicted octanol–water partition coefficient (Wildman–Crippen LogP) is 3.08. The quantitative estimate of drug-likeness (QED) is 0.856. The summed E-state index contributed by atoms with van der Waals surface area (Å²) < 4.78 is 26.1. The van der Waals surface area contributed by atoms with Gasteiger partial charge < -0.3 is 10.6 Å². The van der Waals surface area contributed by atoms with Gasteiger partial charge in [-0.1, -0.05) is 18.3 Å². The van der Waals surface area contributed by atoms with Gasteiger partial charge in [0, 0.05) is 10.9 Å². The maximum Gasteiger partial charge on any atom is 0.283 e. The number of anilines is 1. The first kappa shape index (κ1) is 14.5. The van der Waals surface area contributed by atoms with Gasteiger partial charge in [0.25, 0.3) is 5.91 Å². The van der Waals surface area contributed by atoms with Gasteiger partial charge in [0.1, 0.15) is 11.6 Å². The average Bonchev–Trinajstić information content (AvgIpc) is 2.92. The fourth-order valence-corrected chi connectivity index (χ4v) is 2.20. The van der Waals surface area contributed by atoms with Gasteiger partial charge in [-0.15, -0.1) is 11.3 Å². The molecule has 7 heteroatoms. The van der Waals surface area contributed by atoms with E-state index >= 15 is 0 Å². The summed E-state index contributed by atoms with van der Waals surface area (Å²) in [7, 11) is 0. The third-order valence-electron chi connectivity index (χ3n) is 2.39. The zero-order valence-corrected chi connectivity index (χ0v) is 11.8. The Bertz CT molecular complexity index is 629. The lowest BCUT2D eigenvalue weighted by Crippen LogP contribution is -2.33. The number of carbonyl (C=O) groups is 1. The Morgan fingerprint density at radius 2 is 2.10 bits per heavy atom. The van der Waals surface area contributed by atoms with Crippen molar-refractivity contribution in [2.75, 3.05) is 5.32 Å². The number of hydrogen-bond donors (Lipinski definition) is 2. The van der Waals surface area contributed by atoms with Gasteiger partial charge in [0.15, 0.2) is 4.99 Å². The van der Waals surface area contributed by atoms with Crippen LogP contribution >= 0.6 is 23.6 Å². The Morgan fingerprint density at radius 3 is 2.75 bits per heavy atom. The van der Waals surface area contributed by atoms with Crippen molar-refractivity contribution < 1.29 is 13.6 Å². The fraction of sp³-hybridized carbons (Fsp3) is 0.0769. The average molecular weight is 312 g/mol. The summed E-state index contributed by atoms with van der Waals surface area (Å²) in [5.74, 6) is -2.19. The highest BCUT2D eigenvalue weighted by Gasteiger charge is 2.12. The standard InChI is InChI=1S/C13H10F2N2OS2/c14-8-3-4-11(10(15)6-8)17-12(18)13(19)16-7-9-2-1-5-20-9/h1-6H,7H2,(H,16,19)(H,17,18). The molecular formula is C13H10F2N2OS2. The van der Waals surface area contributed by atoms with Crippen LogP contribution < -0.4 is 10.6 Å². The number of benzene rings is 1. The van der Waals surface area contributed by atoms with Crippen LogP contribution in [0.1, 0.15) is 4.88 Å². The van der Waals surface area contributed by atoms with Crippen molar-refractivity contribution >= 4 is 40.1 Å². The summed E-state index contributed by atoms with van der Waals surface area (Å²) in [5.41, 5.74) is -0.114. The van der Waals surface area contributed by atoms with Gasteiger partial charge in [-0.3, -0.25) is 4.79 Å². The highest BCUT2D eigenvalue weighted by molar-refractivity contribution is 7.82. The second kappa shape index (κ2) is 6.53. The van der Waals surface area contributed by atoms with Crippen LogP contribution in [0.25, 0.3) is 0 Å². The van der Waals surface area contributed by atoms with Crippen LogP contribution in [-0.4, -0.2) is 10.9 Å². The van der Waals surface area contributed by atoms with Gasteiger partial charge in [0.2, 0.25) is 0 Å². The summed E-state index contributed by atoms with van der Waals surface area (Å²) in [5, 5.41) is 6.97. The highest BCUT2D eigenvalue weighted by Crippen LogP contribution is 2.14. The number of amides is 1. The molecule has 1 heterocycles. The zero-order valence-electron chi connectivity index (χ0n) is 10.2. The van der Waals surface area contributed by atoms with Crippen LogP contribution in [0.5, 0.6) is 0 Å². The maximum absolute atomic E-state index is 13.4. The van der Waals surface area contributed by atoms with E-state index in [2.05, 4.69) is 10.6 Å². The molecule has 0 atom stereocenters. The van der Waals surface area contributed by atoms with Crippen molar-refractivity contribution in [1.29, 1.82) is 0 Å². The minimum atomic E-state index is -0.848. The molecule has 1 aromatic heterocycles. The first-order valence-corrected chi connectivity index (χ1v) is 6.91. The molecule has 0 aliphatic heterocycles. The minimum absolute atomic E-state index is 0.0536. The summed E-state index contributed by atoms with van der Waals surface area (Å²) in [4.78, 5) is 12.7. The second-order valence-corrected chi connectivity index (χ2v) is 5.28. The largest absolute Gasteiger partial charge is 0.367 e. The van der Waals surface area contributed by atoms with Crippen LogP contribution in [0, 0.1) is 11.6 Å². The van der Waals surface area contributed by atoms with E-state index in [1.165, 1.54) is 11.3 Å². The van der Waals surface area contributed by atoms with Crippen molar-refractivity contribution in [3.63, 3.8) is 0 Å². The molecule has 0 aliphatic carbocycles. The smallest absolute Gasteiger partial charge is 0.283 e. The molecule has 0 fully saturated rings. The maximum atomic E-state index is 13.4. The normalized spacial score (nSPS) is 10.1. The summed E-state index contributed by atoms with van der Waals surface area (Å²) >= 11 is 6.43. The predicted molar refractivity (Wildman–Crippen MR) is 78.7 cm³/mol. The lowest BCUT2D eigenvalue weighted by atomic mass is 10.3. The Balaban J connectivity index is 1.92. The van der Waals surface area contributed by atoms with Gasteiger partial charge in [-0.2, -0.15) is 0 Å². The summed E-state index contributed by atoms with van der Waals surface area (Å²) in [6.07, 6.45) is 0. The number of rotatable bonds is 3. The molecule has 0 saturated carbocycles. The zero-order chi connectivity index (χ0) is 14.5. The monoisotopic (exact) mass is 312 g/mol. The summed E-state index contributed by atoms with van der Waals surface area (Å²) in [6, 6.07) is 6.68. The first-order valence-electron chi connectivity index (χ1n) is 5.63. The molecule has 3 nitrogen and oxygen atoms in total. The minimum Gasteiger partial charge on any atom is -0.367 e. The van der Waals surface area contributed by atoms with E-state index < -0.39 is 17.5 Å². The van der Waals surface area contributed by atoms with E-state index in [1.807, 2.05) is 17.5 Å². The fourth-order valence-electron chi connectivity index (χ4n) is 1.43. The molecule has 20 heavy (non-hydrogen) atoms. The number of carbonyl (C=O) groups excluding carboxylic acids is 1. The second-order valence-electron chi connectivity index (χ2n) is 3.84. The van der Waals surface area contributed by atoms with Gasteiger partial charge in [0.05, 0.1) is 12.2 Å². The third kappa shape index (κ3) is 3.82. The molecule has 1 aromatic carbocycles. The molecular weight excluding hydrogens is 302 g/mol. The van der Waals surface area contributed by atoms with Crippen LogP contribution in [0.3, 0.4) is 0 Å². The van der Waals surface area contributed by atoms with Gasteiger partial charge in [-0.25, -0.2) is 8.78 Å². The Hall–Kier alpha value is -1.86. The highest BCUT2D eigenvalue weighted by atomic mass is 32.1. The van der Waals surface area contributed by atoms with E-state index in [-0.39, 0.29) is 10.7 Å². The topological polar surface area (TPSA) is 41.1 Å². The lowest BCUT2D eigenvalue weighted by Gasteiger charge is -2.08. The van der Waals surface area contributed by atoms with Crippen molar-refractivity contribution in [2.24, 2.45) is 0 Å². The molecule has 2 N–H and O–H groups in total. The van der Waals surface area contributed by atoms with Crippen LogP contribution in [0.2, 0.25) is 0 Å². The Labute approximate surface area is 123 Å². The summed E-state index contributed by atoms with van der Waals surface area (Å²) in [6.45, 7) is 0.426. The number of thiocarbonyl (C=S) groups is 1. The molecule has 0 saturated heterocycles. The van der Waals surface area contributed by atoms with Crippen molar-refractivity contribution in [2.45, 2.75) is 6.54 Å². The molecule has 0 aliphatic rings.